The standard InChI is InChI=1S/C22H22N4O4S/c1-14-10-18-20(24-14)21(28)26(12-17-4-3-9-30-17)22(25-18)31-13-19(27)23-11-15-5-7-16(29-2)8-6-15/h3-10,24H,11-13H2,1-2H3,(H,23,27). The third-order valence-corrected chi connectivity index (χ3v) is 5.69. The van der Waals surface area contributed by atoms with Crippen LogP contribution in [0, 0.1) is 6.92 Å². The lowest BCUT2D eigenvalue weighted by Gasteiger charge is -2.11. The second kappa shape index (κ2) is 9.13. The highest BCUT2D eigenvalue weighted by atomic mass is 32.2. The smallest absolute Gasteiger partial charge is 0.278 e. The molecular formula is C22H22N4O4S. The molecular weight excluding hydrogens is 416 g/mol. The number of aryl methyl sites for hydroxylation is 1. The van der Waals surface area contributed by atoms with Gasteiger partial charge in [0, 0.05) is 12.2 Å². The number of ether oxygens (including phenoxy) is 1. The summed E-state index contributed by atoms with van der Waals surface area (Å²) in [5, 5.41) is 3.35. The predicted molar refractivity (Wildman–Crippen MR) is 118 cm³/mol. The molecule has 4 rings (SSSR count). The van der Waals surface area contributed by atoms with Crippen molar-refractivity contribution >= 4 is 28.7 Å². The average Bonchev–Trinajstić information content (AvgIpc) is 3.42. The quantitative estimate of drug-likeness (QED) is 0.324. The molecule has 0 aliphatic carbocycles. The zero-order chi connectivity index (χ0) is 21.8. The van der Waals surface area contributed by atoms with E-state index in [9.17, 15) is 9.59 Å². The van der Waals surface area contributed by atoms with Crippen molar-refractivity contribution in [2.45, 2.75) is 25.2 Å². The van der Waals surface area contributed by atoms with Gasteiger partial charge in [-0.05, 0) is 42.8 Å². The first kappa shape index (κ1) is 20.8. The first-order valence-electron chi connectivity index (χ1n) is 9.68. The molecule has 31 heavy (non-hydrogen) atoms. The topological polar surface area (TPSA) is 102 Å². The van der Waals surface area contributed by atoms with E-state index in [1.165, 1.54) is 16.3 Å². The second-order valence-corrected chi connectivity index (χ2v) is 7.93. The van der Waals surface area contributed by atoms with Crippen LogP contribution in [0.2, 0.25) is 0 Å². The Balaban J connectivity index is 1.48. The number of nitrogens with zero attached hydrogens (tertiary/aromatic N) is 2. The third-order valence-electron chi connectivity index (χ3n) is 4.71. The number of aromatic amines is 1. The summed E-state index contributed by atoms with van der Waals surface area (Å²) >= 11 is 1.22. The molecule has 1 amide bonds. The summed E-state index contributed by atoms with van der Waals surface area (Å²) in [4.78, 5) is 33.1. The van der Waals surface area contributed by atoms with Gasteiger partial charge in [0.25, 0.3) is 5.56 Å². The number of fused-ring (bicyclic) bond motifs is 1. The van der Waals surface area contributed by atoms with Crippen LogP contribution in [0.4, 0.5) is 0 Å². The predicted octanol–water partition coefficient (Wildman–Crippen LogP) is 3.09. The van der Waals surface area contributed by atoms with E-state index in [1.807, 2.05) is 37.3 Å². The molecule has 0 saturated carbocycles. The van der Waals surface area contributed by atoms with E-state index in [0.29, 0.717) is 28.5 Å². The summed E-state index contributed by atoms with van der Waals surface area (Å²) in [6.45, 7) is 2.52. The number of hydrogen-bond acceptors (Lipinski definition) is 6. The summed E-state index contributed by atoms with van der Waals surface area (Å²) in [5.41, 5.74) is 2.65. The highest BCUT2D eigenvalue weighted by Crippen LogP contribution is 2.19. The molecule has 3 aromatic heterocycles. The van der Waals surface area contributed by atoms with Crippen LogP contribution < -0.4 is 15.6 Å². The Morgan fingerprint density at radius 3 is 2.81 bits per heavy atom. The highest BCUT2D eigenvalue weighted by molar-refractivity contribution is 7.99. The number of rotatable bonds is 8. The van der Waals surface area contributed by atoms with Crippen molar-refractivity contribution in [2.24, 2.45) is 0 Å². The number of amides is 1. The van der Waals surface area contributed by atoms with Crippen molar-refractivity contribution in [3.63, 3.8) is 0 Å². The van der Waals surface area contributed by atoms with Gasteiger partial charge < -0.3 is 19.5 Å². The molecule has 9 heteroatoms. The monoisotopic (exact) mass is 438 g/mol. The van der Waals surface area contributed by atoms with E-state index in [4.69, 9.17) is 9.15 Å². The number of nitrogens with one attached hydrogen (secondary N) is 2. The summed E-state index contributed by atoms with van der Waals surface area (Å²) in [5.74, 6) is 1.39. The second-order valence-electron chi connectivity index (χ2n) is 6.99. The number of carbonyl (C=O) groups is 1. The SMILES string of the molecule is COc1ccc(CNC(=O)CSc2nc3cc(C)[nH]c3c(=O)n2Cc2ccco2)cc1. The van der Waals surface area contributed by atoms with Crippen LogP contribution in [-0.2, 0) is 17.9 Å². The normalized spacial score (nSPS) is 11.0. The fourth-order valence-corrected chi connectivity index (χ4v) is 3.97. The molecule has 0 unspecified atom stereocenters. The molecule has 3 heterocycles. The lowest BCUT2D eigenvalue weighted by molar-refractivity contribution is -0.118. The molecule has 0 bridgehead atoms. The van der Waals surface area contributed by atoms with Crippen LogP contribution in [0.3, 0.4) is 0 Å². The molecule has 0 radical (unpaired) electrons. The van der Waals surface area contributed by atoms with E-state index in [2.05, 4.69) is 15.3 Å². The van der Waals surface area contributed by atoms with Gasteiger partial charge in [0.2, 0.25) is 5.91 Å². The number of thioether (sulfide) groups is 1. The Morgan fingerprint density at radius 1 is 1.29 bits per heavy atom. The number of H-pyrrole nitrogens is 1. The number of methoxy groups -OCH3 is 1. The van der Waals surface area contributed by atoms with Crippen molar-refractivity contribution < 1.29 is 13.9 Å². The molecule has 160 valence electrons. The summed E-state index contributed by atoms with van der Waals surface area (Å²) < 4.78 is 12.1. The minimum Gasteiger partial charge on any atom is -0.497 e. The number of aromatic nitrogens is 3. The Morgan fingerprint density at radius 2 is 2.10 bits per heavy atom. The lowest BCUT2D eigenvalue weighted by Crippen LogP contribution is -2.27. The maximum Gasteiger partial charge on any atom is 0.278 e. The Kier molecular flexibility index (Phi) is 6.13. The molecule has 0 aliphatic rings. The molecule has 1 aromatic carbocycles. The largest absolute Gasteiger partial charge is 0.497 e. The number of benzene rings is 1. The minimum atomic E-state index is -0.198. The van der Waals surface area contributed by atoms with E-state index < -0.39 is 0 Å². The first-order valence-corrected chi connectivity index (χ1v) is 10.7. The van der Waals surface area contributed by atoms with Gasteiger partial charge in [0.15, 0.2) is 5.16 Å². The fraction of sp³-hybridized carbons (Fsp3) is 0.227. The molecule has 0 aliphatic heterocycles. The van der Waals surface area contributed by atoms with E-state index >= 15 is 0 Å². The summed E-state index contributed by atoms with van der Waals surface area (Å²) in [6.07, 6.45) is 1.56. The van der Waals surface area contributed by atoms with Crippen molar-refractivity contribution in [3.8, 4) is 5.75 Å². The molecule has 0 fully saturated rings. The van der Waals surface area contributed by atoms with Crippen LogP contribution in [0.25, 0.3) is 11.0 Å². The average molecular weight is 439 g/mol. The summed E-state index contributed by atoms with van der Waals surface area (Å²) in [6, 6.07) is 12.9. The van der Waals surface area contributed by atoms with Crippen LogP contribution >= 0.6 is 11.8 Å². The number of hydrogen-bond donors (Lipinski definition) is 2. The van der Waals surface area contributed by atoms with Gasteiger partial charge in [-0.2, -0.15) is 0 Å². The van der Waals surface area contributed by atoms with Gasteiger partial charge in [-0.1, -0.05) is 23.9 Å². The van der Waals surface area contributed by atoms with Crippen molar-refractivity contribution in [2.75, 3.05) is 12.9 Å². The molecule has 0 saturated heterocycles. The van der Waals surface area contributed by atoms with Gasteiger partial charge in [0.1, 0.15) is 17.0 Å². The Labute approximate surface area is 182 Å². The van der Waals surface area contributed by atoms with E-state index in [1.54, 1.807) is 25.5 Å². The van der Waals surface area contributed by atoms with E-state index in [0.717, 1.165) is 17.0 Å². The molecule has 0 spiro atoms. The number of carbonyl (C=O) groups excluding carboxylic acids is 1. The number of furan rings is 1. The minimum absolute atomic E-state index is 0.135. The Bertz CT molecular complexity index is 1240. The van der Waals surface area contributed by atoms with Crippen molar-refractivity contribution in [1.82, 2.24) is 19.9 Å². The molecule has 4 aromatic rings. The molecule has 2 N–H and O–H groups in total. The Hall–Kier alpha value is -3.46. The summed E-state index contributed by atoms with van der Waals surface area (Å²) in [7, 11) is 1.61. The van der Waals surface area contributed by atoms with Crippen molar-refractivity contribution in [1.29, 1.82) is 0 Å². The van der Waals surface area contributed by atoms with E-state index in [-0.39, 0.29) is 23.8 Å². The van der Waals surface area contributed by atoms with Crippen LogP contribution in [0.15, 0.2) is 63.1 Å². The molecule has 0 atom stereocenters. The van der Waals surface area contributed by atoms with Gasteiger partial charge in [-0.3, -0.25) is 14.2 Å². The highest BCUT2D eigenvalue weighted by Gasteiger charge is 2.16. The van der Waals surface area contributed by atoms with Crippen LogP contribution in [-0.4, -0.2) is 33.3 Å². The lowest BCUT2D eigenvalue weighted by atomic mass is 10.2. The van der Waals surface area contributed by atoms with Gasteiger partial charge in [0.05, 0.1) is 31.2 Å². The van der Waals surface area contributed by atoms with Gasteiger partial charge in [-0.15, -0.1) is 0 Å². The van der Waals surface area contributed by atoms with Crippen LogP contribution in [0.5, 0.6) is 5.75 Å². The van der Waals surface area contributed by atoms with Crippen LogP contribution in [0.1, 0.15) is 17.0 Å². The van der Waals surface area contributed by atoms with Crippen molar-refractivity contribution in [3.05, 3.63) is 76.1 Å². The first-order chi connectivity index (χ1) is 15.0. The maximum absolute atomic E-state index is 13.0. The zero-order valence-corrected chi connectivity index (χ0v) is 18.0. The maximum atomic E-state index is 13.0. The van der Waals surface area contributed by atoms with Gasteiger partial charge in [-0.25, -0.2) is 4.98 Å². The third kappa shape index (κ3) is 4.83. The zero-order valence-electron chi connectivity index (χ0n) is 17.2. The fourth-order valence-electron chi connectivity index (χ4n) is 3.14. The van der Waals surface area contributed by atoms with Gasteiger partial charge >= 0.3 is 0 Å². The molecule has 8 nitrogen and oxygen atoms in total.